The Morgan fingerprint density at radius 1 is 0.970 bits per heavy atom. The maximum Gasteiger partial charge on any atom is 0.312 e. The van der Waals surface area contributed by atoms with Crippen LogP contribution in [-0.4, -0.2) is 102 Å². The number of piperidine rings is 1. The molecule has 3 saturated carbocycles. The molecule has 354 valence electrons. The third-order valence-corrected chi connectivity index (χ3v) is 17.9. The number of rotatable bonds is 13. The maximum absolute atomic E-state index is 14.0. The number of hydrogen-bond donors (Lipinski definition) is 4. The standard InChI is InChI=1S/C48H56N8O9S2/c1-47(58)13-10-31(11-14-47)27-50-45-41(56(59)60)24-37(29-52-45)67(63,64)53-46(57)40-9-8-34(23-43(40)65-36-22-33-12-17-49-44(33)51-28-36)54-18-15-48(16-19-54)25-35(26-48)55-20-21-66(61,62)30-42(55)39-5-3-2-4-38(39)32-6-7-32/h2-5,8-9,12,17,22-24,28-29,31-32,35,42,58H,6-7,10-11,13-16,18-21,25-27,30H2,1H3,(H,49,51)(H,50,52)(H,53,57)/t31-,42-,47-/m1/s1. The number of sulfonamides is 1. The first kappa shape index (κ1) is 45.2. The number of nitrogens with one attached hydrogen (secondary N) is 3. The predicted octanol–water partition coefficient (Wildman–Crippen LogP) is 7.23. The monoisotopic (exact) mass is 952 g/mol. The number of carbonyl (C=O) groups is 1. The van der Waals surface area contributed by atoms with Crippen LogP contribution in [0.15, 0.2) is 84.1 Å². The normalized spacial score (nSPS) is 24.2. The van der Waals surface area contributed by atoms with Crippen LogP contribution in [0.2, 0.25) is 0 Å². The van der Waals surface area contributed by atoms with E-state index in [0.717, 1.165) is 87.8 Å². The number of H-pyrrole nitrogens is 1. The SMILES string of the molecule is C[C@]1(O)CC[C@H](CNc2ncc(S(=O)(=O)NC(=O)c3ccc(N4CCC5(CC4)CC(N4CCS(=O)(=O)C[C@@H]4c4ccccc4C4CC4)C5)cc3Oc3cnc4[nH]ccc4c3)cc2[N+](=O)[O-])CC1. The molecule has 3 aliphatic carbocycles. The number of sulfone groups is 1. The molecule has 0 radical (unpaired) electrons. The van der Waals surface area contributed by atoms with Gasteiger partial charge in [0, 0.05) is 67.7 Å². The number of ether oxygens (including phenoxy) is 1. The zero-order valence-electron chi connectivity index (χ0n) is 37.4. The topological polar surface area (TPSA) is 230 Å². The van der Waals surface area contributed by atoms with E-state index >= 15 is 0 Å². The van der Waals surface area contributed by atoms with Gasteiger partial charge in [0.25, 0.3) is 15.9 Å². The second kappa shape index (κ2) is 17.5. The van der Waals surface area contributed by atoms with Gasteiger partial charge < -0.3 is 25.0 Å². The molecule has 2 aromatic carbocycles. The molecule has 2 aliphatic heterocycles. The molecular weight excluding hydrogens is 897 g/mol. The lowest BCUT2D eigenvalue weighted by Crippen LogP contribution is -2.58. The van der Waals surface area contributed by atoms with Crippen molar-refractivity contribution in [1.29, 1.82) is 0 Å². The first-order chi connectivity index (χ1) is 32.0. The molecule has 1 spiro atoms. The van der Waals surface area contributed by atoms with Gasteiger partial charge in [0.1, 0.15) is 22.0 Å². The van der Waals surface area contributed by atoms with Crippen LogP contribution in [-0.2, 0) is 19.9 Å². The summed E-state index contributed by atoms with van der Waals surface area (Å²) in [5.74, 6) is 0.342. The number of pyridine rings is 2. The van der Waals surface area contributed by atoms with E-state index in [4.69, 9.17) is 4.74 Å². The molecule has 67 heavy (non-hydrogen) atoms. The summed E-state index contributed by atoms with van der Waals surface area (Å²) >= 11 is 0. The van der Waals surface area contributed by atoms with E-state index in [2.05, 4.69) is 53.0 Å². The molecular formula is C48H56N8O9S2. The predicted molar refractivity (Wildman–Crippen MR) is 253 cm³/mol. The molecule has 0 unspecified atom stereocenters. The number of aliphatic hydroxyl groups is 1. The van der Waals surface area contributed by atoms with Crippen molar-refractivity contribution in [2.45, 2.75) is 99.6 Å². The Morgan fingerprint density at radius 3 is 2.45 bits per heavy atom. The minimum Gasteiger partial charge on any atom is -0.455 e. The minimum atomic E-state index is -4.66. The highest BCUT2D eigenvalue weighted by Crippen LogP contribution is 2.54. The summed E-state index contributed by atoms with van der Waals surface area (Å²) in [6, 6.07) is 18.1. The summed E-state index contributed by atoms with van der Waals surface area (Å²) in [4.78, 5) is 41.1. The highest BCUT2D eigenvalue weighted by atomic mass is 32.2. The van der Waals surface area contributed by atoms with Gasteiger partial charge in [0.15, 0.2) is 9.84 Å². The average Bonchev–Trinajstić information content (AvgIpc) is 4.04. The molecule has 3 aromatic heterocycles. The van der Waals surface area contributed by atoms with Crippen molar-refractivity contribution in [2.75, 3.05) is 47.9 Å². The summed E-state index contributed by atoms with van der Waals surface area (Å²) in [6.07, 6.45) is 13.1. The lowest BCUT2D eigenvalue weighted by Gasteiger charge is -2.57. The molecule has 0 bridgehead atoms. The van der Waals surface area contributed by atoms with Gasteiger partial charge in [-0.25, -0.2) is 31.5 Å². The van der Waals surface area contributed by atoms with Crippen LogP contribution in [0.25, 0.3) is 11.0 Å². The van der Waals surface area contributed by atoms with Crippen LogP contribution in [0, 0.1) is 21.4 Å². The maximum atomic E-state index is 14.0. The molecule has 5 fully saturated rings. The lowest BCUT2D eigenvalue weighted by molar-refractivity contribution is -0.384. The van der Waals surface area contributed by atoms with Crippen molar-refractivity contribution in [2.24, 2.45) is 11.3 Å². The van der Waals surface area contributed by atoms with Gasteiger partial charge in [-0.1, -0.05) is 24.3 Å². The van der Waals surface area contributed by atoms with E-state index in [-0.39, 0.29) is 46.0 Å². The van der Waals surface area contributed by atoms with E-state index in [1.54, 1.807) is 31.3 Å². The van der Waals surface area contributed by atoms with Gasteiger partial charge in [-0.15, -0.1) is 0 Å². The number of hydrogen-bond acceptors (Lipinski definition) is 14. The molecule has 5 aliphatic rings. The van der Waals surface area contributed by atoms with Crippen LogP contribution in [0.3, 0.4) is 0 Å². The molecule has 2 saturated heterocycles. The average molecular weight is 953 g/mol. The molecule has 10 rings (SSSR count). The molecule has 1 atom stereocenters. The Hall–Kier alpha value is -5.63. The van der Waals surface area contributed by atoms with E-state index in [9.17, 15) is 36.9 Å². The highest BCUT2D eigenvalue weighted by Gasteiger charge is 2.51. The molecule has 19 heteroatoms. The zero-order chi connectivity index (χ0) is 46.7. The number of benzene rings is 2. The number of carbonyl (C=O) groups excluding carboxylic acids is 1. The van der Waals surface area contributed by atoms with Gasteiger partial charge in [0.2, 0.25) is 5.82 Å². The minimum absolute atomic E-state index is 0.0784. The first-order valence-corrected chi connectivity index (χ1v) is 26.6. The quantitative estimate of drug-likeness (QED) is 0.0674. The molecule has 5 aromatic rings. The summed E-state index contributed by atoms with van der Waals surface area (Å²) in [5.41, 5.74) is 2.67. The van der Waals surface area contributed by atoms with Crippen LogP contribution in [0.5, 0.6) is 11.5 Å². The van der Waals surface area contributed by atoms with Crippen molar-refractivity contribution in [3.63, 3.8) is 0 Å². The third-order valence-electron chi connectivity index (χ3n) is 15.0. The van der Waals surface area contributed by atoms with Crippen molar-refractivity contribution in [3.8, 4) is 11.5 Å². The van der Waals surface area contributed by atoms with Gasteiger partial charge in [-0.2, -0.15) is 0 Å². The number of aromatic amines is 1. The molecule has 17 nitrogen and oxygen atoms in total. The highest BCUT2D eigenvalue weighted by molar-refractivity contribution is 7.91. The Labute approximate surface area is 389 Å². The molecule has 1 amide bonds. The van der Waals surface area contributed by atoms with Gasteiger partial charge in [0.05, 0.1) is 40.0 Å². The van der Waals surface area contributed by atoms with E-state index in [1.165, 1.54) is 23.4 Å². The smallest absolute Gasteiger partial charge is 0.312 e. The summed E-state index contributed by atoms with van der Waals surface area (Å²) in [5, 5.41) is 26.2. The second-order valence-electron chi connectivity index (χ2n) is 19.7. The van der Waals surface area contributed by atoms with Crippen LogP contribution < -0.4 is 19.7 Å². The number of fused-ring (bicyclic) bond motifs is 1. The molecule has 4 N–H and O–H groups in total. The van der Waals surface area contributed by atoms with Crippen molar-refractivity contribution >= 4 is 54.0 Å². The fourth-order valence-corrected chi connectivity index (χ4v) is 13.3. The summed E-state index contributed by atoms with van der Waals surface area (Å²) < 4.78 is 61.9. The van der Waals surface area contributed by atoms with E-state index in [0.29, 0.717) is 49.3 Å². The van der Waals surface area contributed by atoms with Crippen LogP contribution in [0.4, 0.5) is 17.2 Å². The number of anilines is 2. The Balaban J connectivity index is 0.840. The Morgan fingerprint density at radius 2 is 1.72 bits per heavy atom. The largest absolute Gasteiger partial charge is 0.455 e. The van der Waals surface area contributed by atoms with E-state index < -0.39 is 46.9 Å². The summed E-state index contributed by atoms with van der Waals surface area (Å²) in [7, 11) is -7.81. The fourth-order valence-electron chi connectivity index (χ4n) is 10.8. The number of nitrogens with zero attached hydrogens (tertiary/aromatic N) is 5. The van der Waals surface area contributed by atoms with Crippen LogP contribution >= 0.6 is 0 Å². The van der Waals surface area contributed by atoms with Crippen molar-refractivity contribution in [3.05, 3.63) is 106 Å². The van der Waals surface area contributed by atoms with E-state index in [1.807, 2.05) is 12.1 Å². The summed E-state index contributed by atoms with van der Waals surface area (Å²) in [6.45, 7) is 4.18. The lowest BCUT2D eigenvalue weighted by atomic mass is 9.59. The number of nitro groups is 1. The van der Waals surface area contributed by atoms with Crippen molar-refractivity contribution in [1.82, 2.24) is 24.6 Å². The second-order valence-corrected chi connectivity index (χ2v) is 23.7. The molecule has 5 heterocycles. The first-order valence-electron chi connectivity index (χ1n) is 23.3. The number of amides is 1. The number of aromatic nitrogens is 3. The third kappa shape index (κ3) is 9.60. The fraction of sp³-hybridized carbons (Fsp3) is 0.479. The van der Waals surface area contributed by atoms with Gasteiger partial charge in [-0.05, 0) is 124 Å². The van der Waals surface area contributed by atoms with Crippen LogP contribution in [0.1, 0.15) is 105 Å². The Kier molecular flexibility index (Phi) is 11.8. The van der Waals surface area contributed by atoms with Crippen molar-refractivity contribution < 1.29 is 36.4 Å². The Bertz CT molecular complexity index is 2930. The van der Waals surface area contributed by atoms with Gasteiger partial charge >= 0.3 is 5.69 Å². The van der Waals surface area contributed by atoms with Gasteiger partial charge in [-0.3, -0.25) is 19.8 Å². The zero-order valence-corrected chi connectivity index (χ0v) is 39.0.